The Morgan fingerprint density at radius 2 is 1.79 bits per heavy atom. The molecule has 0 radical (unpaired) electrons. The summed E-state index contributed by atoms with van der Waals surface area (Å²) in [5.74, 6) is -3.45. The molecule has 1 rings (SSSR count). The minimum absolute atomic E-state index is 0.0635. The van der Waals surface area contributed by atoms with Gasteiger partial charge in [0, 0.05) is 0 Å². The lowest BCUT2D eigenvalue weighted by Gasteiger charge is -2.19. The average molecular weight is 278 g/mol. The molecule has 0 aliphatic heterocycles. The second-order valence-corrected chi connectivity index (χ2v) is 4.53. The Bertz CT molecular complexity index is 366. The average Bonchev–Trinajstić information content (AvgIpc) is 2.35. The van der Waals surface area contributed by atoms with Crippen molar-refractivity contribution in [2.45, 2.75) is 45.2 Å². The standard InChI is InChI=1S/C13H17F3O3/c1-2-19-12(18)10(11(17)13(14,15)16)8-9-6-4-3-5-7-9/h8-9H,2-7H2,1H3/b10-8+. The first-order valence-corrected chi connectivity index (χ1v) is 6.36. The summed E-state index contributed by atoms with van der Waals surface area (Å²) in [6.07, 6.45) is 0.337. The van der Waals surface area contributed by atoms with Gasteiger partial charge < -0.3 is 4.74 Å². The smallest absolute Gasteiger partial charge is 0.455 e. The quantitative estimate of drug-likeness (QED) is 0.343. The van der Waals surface area contributed by atoms with Crippen molar-refractivity contribution in [1.82, 2.24) is 0 Å². The van der Waals surface area contributed by atoms with Gasteiger partial charge in [-0.1, -0.05) is 25.3 Å². The van der Waals surface area contributed by atoms with E-state index in [0.29, 0.717) is 12.8 Å². The van der Waals surface area contributed by atoms with Gasteiger partial charge >= 0.3 is 12.1 Å². The summed E-state index contributed by atoms with van der Waals surface area (Å²) in [4.78, 5) is 22.8. The van der Waals surface area contributed by atoms with E-state index in [-0.39, 0.29) is 12.5 Å². The van der Waals surface area contributed by atoms with Crippen molar-refractivity contribution in [2.24, 2.45) is 5.92 Å². The first-order chi connectivity index (χ1) is 8.86. The second-order valence-electron chi connectivity index (χ2n) is 4.53. The maximum atomic E-state index is 12.5. The topological polar surface area (TPSA) is 43.4 Å². The Morgan fingerprint density at radius 1 is 1.21 bits per heavy atom. The summed E-state index contributed by atoms with van der Waals surface area (Å²) in [5.41, 5.74) is -0.874. The van der Waals surface area contributed by atoms with Crippen molar-refractivity contribution in [3.8, 4) is 0 Å². The van der Waals surface area contributed by atoms with Gasteiger partial charge in [-0.25, -0.2) is 4.79 Å². The number of alkyl halides is 3. The zero-order valence-corrected chi connectivity index (χ0v) is 10.8. The first-order valence-electron chi connectivity index (χ1n) is 6.36. The lowest BCUT2D eigenvalue weighted by molar-refractivity contribution is -0.168. The highest BCUT2D eigenvalue weighted by molar-refractivity contribution is 6.19. The molecule has 0 N–H and O–H groups in total. The summed E-state index contributed by atoms with van der Waals surface area (Å²) in [5, 5.41) is 0. The zero-order chi connectivity index (χ0) is 14.5. The third-order valence-electron chi connectivity index (χ3n) is 3.05. The fraction of sp³-hybridized carbons (Fsp3) is 0.692. The van der Waals surface area contributed by atoms with Gasteiger partial charge in [-0.2, -0.15) is 13.2 Å². The number of ketones is 1. The van der Waals surface area contributed by atoms with Crippen molar-refractivity contribution in [1.29, 1.82) is 0 Å². The number of carbonyl (C=O) groups is 2. The Hall–Kier alpha value is -1.33. The summed E-state index contributed by atoms with van der Waals surface area (Å²) < 4.78 is 41.9. The molecule has 1 aliphatic carbocycles. The van der Waals surface area contributed by atoms with Crippen LogP contribution in [0.25, 0.3) is 0 Å². The van der Waals surface area contributed by atoms with Gasteiger partial charge in [0.15, 0.2) is 0 Å². The first kappa shape index (κ1) is 15.7. The third-order valence-corrected chi connectivity index (χ3v) is 3.05. The van der Waals surface area contributed by atoms with Crippen LogP contribution in [-0.2, 0) is 14.3 Å². The van der Waals surface area contributed by atoms with Gasteiger partial charge in [-0.15, -0.1) is 0 Å². The highest BCUT2D eigenvalue weighted by Gasteiger charge is 2.43. The highest BCUT2D eigenvalue weighted by atomic mass is 19.4. The molecule has 0 unspecified atom stereocenters. The summed E-state index contributed by atoms with van der Waals surface area (Å²) in [6.45, 7) is 1.42. The molecular formula is C13H17F3O3. The van der Waals surface area contributed by atoms with Gasteiger partial charge in [-0.05, 0) is 25.7 Å². The molecule has 0 saturated heterocycles. The van der Waals surface area contributed by atoms with Crippen molar-refractivity contribution in [2.75, 3.05) is 6.61 Å². The number of rotatable bonds is 4. The van der Waals surface area contributed by atoms with Gasteiger partial charge in [0.05, 0.1) is 6.61 Å². The molecule has 1 fully saturated rings. The van der Waals surface area contributed by atoms with Gasteiger partial charge in [0.2, 0.25) is 0 Å². The fourth-order valence-electron chi connectivity index (χ4n) is 2.13. The van der Waals surface area contributed by atoms with Crippen LogP contribution < -0.4 is 0 Å². The molecule has 0 atom stereocenters. The second kappa shape index (κ2) is 6.73. The van der Waals surface area contributed by atoms with Crippen LogP contribution in [0.1, 0.15) is 39.0 Å². The molecule has 0 bridgehead atoms. The van der Waals surface area contributed by atoms with E-state index in [2.05, 4.69) is 4.74 Å². The Labute approximate surface area is 109 Å². The van der Waals surface area contributed by atoms with E-state index in [4.69, 9.17) is 0 Å². The maximum absolute atomic E-state index is 12.5. The zero-order valence-electron chi connectivity index (χ0n) is 10.8. The monoisotopic (exact) mass is 278 g/mol. The molecule has 108 valence electrons. The van der Waals surface area contributed by atoms with Crippen LogP contribution in [0.15, 0.2) is 11.6 Å². The van der Waals surface area contributed by atoms with Gasteiger partial charge in [-0.3, -0.25) is 4.79 Å². The summed E-state index contributed by atoms with van der Waals surface area (Å²) in [7, 11) is 0. The van der Waals surface area contributed by atoms with Crippen LogP contribution in [0.5, 0.6) is 0 Å². The molecule has 0 heterocycles. The normalized spacial score (nSPS) is 18.2. The molecule has 3 nitrogen and oxygen atoms in total. The number of esters is 1. The molecule has 6 heteroatoms. The largest absolute Gasteiger partial charge is 0.462 e. The molecular weight excluding hydrogens is 261 g/mol. The number of carbonyl (C=O) groups excluding carboxylic acids is 2. The van der Waals surface area contributed by atoms with E-state index in [9.17, 15) is 22.8 Å². The summed E-state index contributed by atoms with van der Waals surface area (Å²) >= 11 is 0. The molecule has 0 aromatic carbocycles. The Kier molecular flexibility index (Phi) is 5.57. The van der Waals surface area contributed by atoms with Crippen molar-refractivity contribution in [3.63, 3.8) is 0 Å². The van der Waals surface area contributed by atoms with Crippen LogP contribution in [0.4, 0.5) is 13.2 Å². The Morgan fingerprint density at radius 3 is 2.26 bits per heavy atom. The lowest BCUT2D eigenvalue weighted by Crippen LogP contribution is -2.30. The Balaban J connectivity index is 2.94. The molecule has 0 amide bonds. The number of hydrogen-bond donors (Lipinski definition) is 0. The van der Waals surface area contributed by atoms with E-state index in [1.165, 1.54) is 6.92 Å². The number of ether oxygens (including phenoxy) is 1. The van der Waals surface area contributed by atoms with E-state index in [1.807, 2.05) is 0 Å². The molecule has 0 aromatic rings. The SMILES string of the molecule is CCOC(=O)/C(=C/C1CCCCC1)C(=O)C(F)(F)F. The predicted molar refractivity (Wildman–Crippen MR) is 62.4 cm³/mol. The maximum Gasteiger partial charge on any atom is 0.455 e. The van der Waals surface area contributed by atoms with Crippen molar-refractivity contribution in [3.05, 3.63) is 11.6 Å². The highest BCUT2D eigenvalue weighted by Crippen LogP contribution is 2.28. The van der Waals surface area contributed by atoms with Crippen LogP contribution in [0, 0.1) is 5.92 Å². The number of hydrogen-bond acceptors (Lipinski definition) is 3. The van der Waals surface area contributed by atoms with Gasteiger partial charge in [0.25, 0.3) is 5.78 Å². The number of halogens is 3. The van der Waals surface area contributed by atoms with E-state index >= 15 is 0 Å². The molecule has 1 aliphatic rings. The van der Waals surface area contributed by atoms with Crippen LogP contribution in [0.3, 0.4) is 0 Å². The predicted octanol–water partition coefficient (Wildman–Crippen LogP) is 3.19. The fourth-order valence-corrected chi connectivity index (χ4v) is 2.13. The number of Topliss-reactive ketones (excluding diaryl/α,β-unsaturated/α-hetero) is 1. The van der Waals surface area contributed by atoms with E-state index in [1.54, 1.807) is 0 Å². The van der Waals surface area contributed by atoms with E-state index in [0.717, 1.165) is 25.3 Å². The molecule has 0 aromatic heterocycles. The number of allylic oxidation sites excluding steroid dienone is 1. The summed E-state index contributed by atoms with van der Waals surface area (Å²) in [6, 6.07) is 0. The minimum Gasteiger partial charge on any atom is -0.462 e. The van der Waals surface area contributed by atoms with Crippen LogP contribution >= 0.6 is 0 Å². The van der Waals surface area contributed by atoms with Crippen LogP contribution in [0.2, 0.25) is 0 Å². The third kappa shape index (κ3) is 4.69. The molecule has 19 heavy (non-hydrogen) atoms. The van der Waals surface area contributed by atoms with Crippen LogP contribution in [-0.4, -0.2) is 24.5 Å². The molecule has 1 saturated carbocycles. The van der Waals surface area contributed by atoms with E-state index < -0.39 is 23.5 Å². The van der Waals surface area contributed by atoms with Gasteiger partial charge in [0.1, 0.15) is 5.57 Å². The minimum atomic E-state index is -5.05. The lowest BCUT2D eigenvalue weighted by atomic mass is 9.87. The molecule has 0 spiro atoms. The van der Waals surface area contributed by atoms with Crippen molar-refractivity contribution < 1.29 is 27.5 Å². The van der Waals surface area contributed by atoms with Crippen molar-refractivity contribution >= 4 is 11.8 Å².